The molecule has 17 atom stereocenters. The quantitative estimate of drug-likeness (QED) is 0.0307. The minimum absolute atomic E-state index is 0.00674. The van der Waals surface area contributed by atoms with Crippen molar-refractivity contribution in [1.82, 2.24) is 0 Å². The van der Waals surface area contributed by atoms with E-state index in [0.29, 0.717) is 51.6 Å². The van der Waals surface area contributed by atoms with Gasteiger partial charge in [0.1, 0.15) is 24.4 Å². The number of sulfone groups is 1. The Morgan fingerprint density at radius 3 is 1.74 bits per heavy atom. The first-order valence-corrected chi connectivity index (χ1v) is 53.4. The Morgan fingerprint density at radius 2 is 1.18 bits per heavy atom. The first kappa shape index (κ1) is 86.1. The van der Waals surface area contributed by atoms with E-state index in [9.17, 15) is 18.0 Å². The Balaban J connectivity index is 1.19. The molecule has 0 spiro atoms. The molecule has 0 aliphatic carbocycles. The van der Waals surface area contributed by atoms with Crippen molar-refractivity contribution in [3.8, 4) is 0 Å². The van der Waals surface area contributed by atoms with E-state index >= 15 is 0 Å². The highest BCUT2D eigenvalue weighted by Gasteiger charge is 2.59. The molecular weight excluding hydrogens is 1350 g/mol. The maximum atomic E-state index is 14.4. The summed E-state index contributed by atoms with van der Waals surface area (Å²) in [6, 6.07) is 8.67. The zero-order valence-corrected chi connectivity index (χ0v) is 72.7. The molecule has 16 nitrogen and oxygen atoms in total. The van der Waals surface area contributed by atoms with Gasteiger partial charge >= 0.3 is 5.97 Å². The standard InChI is InChI=1S/C77H138O16SSi5/c1-51-44-56(86-64(53(51)3)48-65-60(50-94(80,81)59-34-32-31-33-35-59)68(83-20)66(88-65)46-58(90-96(23,24)74(7,8)9)49-84-95(21,22)73(4,5)6)39-42-61-52(2)45-55(85-61)38-36-54(78)37-41-63(91-97(25,26)75(10,11)12)70-72(93-99(29,30)77(16,17)18)71(92-98(27,28)76(13,14)15)69-62(89-70)43-40-57(87-69)47-67(79)82-19/h31-35,37,41,51,55-58,60-66,68-72H,2-3,36,38-40,42-50H2,1,4-30H3/b41-37+/t51?,55?,56?,57?,58?,60?,61?,62-,63?,64?,65?,66?,68?,69?,70-,71?,72?/m0/s1. The molecular formula is C77H138O16SSi5. The zero-order chi connectivity index (χ0) is 74.8. The summed E-state index contributed by atoms with van der Waals surface area (Å²) >= 11 is 0. The van der Waals surface area contributed by atoms with E-state index in [1.807, 2.05) is 12.1 Å². The van der Waals surface area contributed by atoms with Crippen LogP contribution in [0.25, 0.3) is 0 Å². The summed E-state index contributed by atoms with van der Waals surface area (Å²) in [4.78, 5) is 27.4. The molecule has 0 radical (unpaired) electrons. The summed E-state index contributed by atoms with van der Waals surface area (Å²) in [5, 5.41) is -0.559. The number of benzene rings is 1. The smallest absolute Gasteiger partial charge is 0.308 e. The van der Waals surface area contributed by atoms with Crippen molar-refractivity contribution in [3.63, 3.8) is 0 Å². The van der Waals surface area contributed by atoms with Gasteiger partial charge in [-0.1, -0.05) is 148 Å². The summed E-state index contributed by atoms with van der Waals surface area (Å²) in [6.45, 7) is 67.8. The van der Waals surface area contributed by atoms with Crippen LogP contribution in [-0.2, 0) is 74.7 Å². The Kier molecular flexibility index (Phi) is 28.8. The second kappa shape index (κ2) is 33.1. The highest BCUT2D eigenvalue weighted by atomic mass is 32.2. The normalized spacial score (nSPS) is 29.8. The number of fused-ring (bicyclic) bond motifs is 1. The van der Waals surface area contributed by atoms with Gasteiger partial charge in [-0.2, -0.15) is 0 Å². The maximum absolute atomic E-state index is 14.4. The lowest BCUT2D eigenvalue weighted by Gasteiger charge is -2.56. The number of allylic oxidation sites excluding steroid dienone is 1. The van der Waals surface area contributed by atoms with Gasteiger partial charge in [-0.3, -0.25) is 9.59 Å². The fourth-order valence-electron chi connectivity index (χ4n) is 13.0. The van der Waals surface area contributed by atoms with E-state index < -0.39 is 112 Å². The van der Waals surface area contributed by atoms with Gasteiger partial charge in [-0.25, -0.2) is 8.42 Å². The van der Waals surface area contributed by atoms with Crippen molar-refractivity contribution in [2.45, 2.75) is 369 Å². The molecule has 15 unspecified atom stereocenters. The molecule has 0 saturated carbocycles. The Bertz CT molecular complexity index is 2990. The van der Waals surface area contributed by atoms with Gasteiger partial charge in [0.15, 0.2) is 57.2 Å². The summed E-state index contributed by atoms with van der Waals surface area (Å²) in [6.07, 6.45) is 3.03. The van der Waals surface area contributed by atoms with Crippen LogP contribution in [0.15, 0.2) is 71.7 Å². The lowest BCUT2D eigenvalue weighted by molar-refractivity contribution is -0.267. The van der Waals surface area contributed by atoms with Crippen LogP contribution >= 0.6 is 0 Å². The van der Waals surface area contributed by atoms with Crippen LogP contribution in [0.5, 0.6) is 0 Å². The van der Waals surface area contributed by atoms with Gasteiger partial charge in [-0.05, 0) is 171 Å². The second-order valence-electron chi connectivity index (χ2n) is 37.5. The number of hydrogen-bond acceptors (Lipinski definition) is 16. The average molecular weight is 1490 g/mol. The number of carbonyl (C=O) groups excluding carboxylic acids is 2. The number of methoxy groups -OCH3 is 2. The molecule has 5 saturated heterocycles. The van der Waals surface area contributed by atoms with E-state index in [2.05, 4.69) is 189 Å². The van der Waals surface area contributed by atoms with Crippen LogP contribution in [0.1, 0.15) is 181 Å². The van der Waals surface area contributed by atoms with Gasteiger partial charge < -0.3 is 55.3 Å². The Labute approximate surface area is 606 Å². The molecule has 5 aliphatic heterocycles. The first-order valence-electron chi connectivity index (χ1n) is 37.2. The fraction of sp³-hybridized carbons (Fsp3) is 0.818. The third-order valence-corrected chi connectivity index (χ3v) is 49.0. The highest BCUT2D eigenvalue weighted by molar-refractivity contribution is 7.91. The number of ether oxygens (including phenoxy) is 7. The third kappa shape index (κ3) is 22.2. The minimum Gasteiger partial charge on any atom is -0.469 e. The molecule has 568 valence electrons. The van der Waals surface area contributed by atoms with Crippen molar-refractivity contribution < 1.29 is 73.3 Å². The Hall–Kier alpha value is -1.83. The van der Waals surface area contributed by atoms with Crippen LogP contribution in [-0.4, -0.2) is 180 Å². The predicted molar refractivity (Wildman–Crippen MR) is 412 cm³/mol. The zero-order valence-electron chi connectivity index (χ0n) is 66.9. The van der Waals surface area contributed by atoms with Crippen LogP contribution in [0.2, 0.25) is 90.7 Å². The number of hydrogen-bond donors (Lipinski definition) is 0. The molecule has 0 bridgehead atoms. The molecule has 22 heteroatoms. The number of ketones is 1. The van der Waals surface area contributed by atoms with Crippen molar-refractivity contribution in [2.75, 3.05) is 26.6 Å². The molecule has 5 heterocycles. The third-order valence-electron chi connectivity index (χ3n) is 24.8. The Morgan fingerprint density at radius 1 is 0.626 bits per heavy atom. The van der Waals surface area contributed by atoms with Crippen molar-refractivity contribution in [3.05, 3.63) is 66.8 Å². The predicted octanol–water partition coefficient (Wildman–Crippen LogP) is 17.8. The van der Waals surface area contributed by atoms with Crippen molar-refractivity contribution >= 4 is 63.2 Å². The molecule has 5 aliphatic rings. The molecule has 0 N–H and O–H groups in total. The topological polar surface area (TPSA) is 179 Å². The van der Waals surface area contributed by atoms with Gasteiger partial charge in [0.2, 0.25) is 0 Å². The molecule has 6 rings (SSSR count). The maximum Gasteiger partial charge on any atom is 0.308 e. The summed E-state index contributed by atoms with van der Waals surface area (Å²) in [5.41, 5.74) is 1.99. The number of rotatable bonds is 30. The molecule has 1 aromatic carbocycles. The lowest BCUT2D eigenvalue weighted by Crippen LogP contribution is -2.69. The van der Waals surface area contributed by atoms with Gasteiger partial charge in [-0.15, -0.1) is 0 Å². The van der Waals surface area contributed by atoms with E-state index in [0.717, 1.165) is 24.0 Å². The van der Waals surface area contributed by atoms with E-state index in [4.69, 9.17) is 55.3 Å². The molecule has 5 fully saturated rings. The molecule has 0 amide bonds. The molecule has 0 aromatic heterocycles. The lowest BCUT2D eigenvalue weighted by atomic mass is 9.83. The summed E-state index contributed by atoms with van der Waals surface area (Å²) in [5.74, 6) is -0.886. The number of carbonyl (C=O) groups is 2. The fourth-order valence-corrected chi connectivity index (χ4v) is 21.0. The van der Waals surface area contributed by atoms with Crippen LogP contribution in [0.4, 0.5) is 0 Å². The highest BCUT2D eigenvalue weighted by Crippen LogP contribution is 2.49. The van der Waals surface area contributed by atoms with Gasteiger partial charge in [0, 0.05) is 32.3 Å². The molecule has 99 heavy (non-hydrogen) atoms. The minimum atomic E-state index is -3.77. The van der Waals surface area contributed by atoms with Crippen LogP contribution in [0, 0.1) is 11.8 Å². The number of esters is 1. The second-order valence-corrected chi connectivity index (χ2v) is 63.3. The molecule has 1 aromatic rings. The van der Waals surface area contributed by atoms with Gasteiger partial charge in [0.05, 0.1) is 97.9 Å². The summed E-state index contributed by atoms with van der Waals surface area (Å²) in [7, 11) is -12.9. The van der Waals surface area contributed by atoms with E-state index in [-0.39, 0.29) is 103 Å². The summed E-state index contributed by atoms with van der Waals surface area (Å²) < 4.78 is 113. The van der Waals surface area contributed by atoms with E-state index in [1.54, 1.807) is 37.5 Å². The first-order chi connectivity index (χ1) is 45.1. The van der Waals surface area contributed by atoms with Crippen molar-refractivity contribution in [1.29, 1.82) is 0 Å². The van der Waals surface area contributed by atoms with Crippen LogP contribution < -0.4 is 0 Å². The van der Waals surface area contributed by atoms with Crippen LogP contribution in [0.3, 0.4) is 0 Å². The van der Waals surface area contributed by atoms with Crippen molar-refractivity contribution in [2.24, 2.45) is 11.8 Å². The largest absolute Gasteiger partial charge is 0.469 e. The van der Waals surface area contributed by atoms with E-state index in [1.165, 1.54) is 7.11 Å². The SMILES string of the molecule is C=C1CC(CCC(=O)/C=C/C(O[Si](C)(C)C(C)(C)C)[C@@H]2O[C@H]3CCC(CC(=O)OC)OC3C(O[Si](C)(C)C(C)(C)C)C2O[Si](C)(C)C(C)(C)C)OC1CCC1CC(C)C(=C)C(CC2OC(CC(CO[Si](C)(C)C(C)(C)C)O[Si](C)(C)C(C)(C)C)C(OC)C2CS(=O)(=O)c2ccccc2)O1. The monoisotopic (exact) mass is 1490 g/mol. The van der Waals surface area contributed by atoms with Gasteiger partial charge in [0.25, 0.3) is 0 Å². The average Bonchev–Trinajstić information content (AvgIpc) is 0.965.